The van der Waals surface area contributed by atoms with E-state index < -0.39 is 36.4 Å². The molecule has 1 unspecified atom stereocenters. The largest absolute Gasteiger partial charge is 0.618 e. The van der Waals surface area contributed by atoms with Gasteiger partial charge in [-0.05, 0) is 41.5 Å². The van der Waals surface area contributed by atoms with Crippen LogP contribution in [0.1, 0.15) is 27.7 Å². The van der Waals surface area contributed by atoms with E-state index in [-0.39, 0.29) is 27.4 Å². The molecular formula is C31H22ClF4N3O4. The van der Waals surface area contributed by atoms with Crippen LogP contribution in [-0.2, 0) is 6.42 Å². The van der Waals surface area contributed by atoms with Gasteiger partial charge in [0, 0.05) is 24.2 Å². The number of benzene rings is 3. The summed E-state index contributed by atoms with van der Waals surface area (Å²) in [4.78, 5) is 11.2. The Morgan fingerprint density at radius 2 is 1.70 bits per heavy atom. The first-order chi connectivity index (χ1) is 20.5. The van der Waals surface area contributed by atoms with Crippen LogP contribution in [0.15, 0.2) is 97.5 Å². The van der Waals surface area contributed by atoms with Crippen LogP contribution in [0, 0.1) is 11.0 Å². The lowest BCUT2D eigenvalue weighted by molar-refractivity contribution is -0.615. The third-order valence-electron chi connectivity index (χ3n) is 6.68. The zero-order chi connectivity index (χ0) is 30.7. The van der Waals surface area contributed by atoms with E-state index in [1.165, 1.54) is 24.3 Å². The molecule has 1 N–H and O–H groups in total. The lowest BCUT2D eigenvalue weighted by atomic mass is 10.0. The molecule has 0 radical (unpaired) electrons. The molecule has 0 aliphatic carbocycles. The smallest absolute Gasteiger partial charge is 0.422 e. The fourth-order valence-corrected chi connectivity index (χ4v) is 4.77. The highest BCUT2D eigenvalue weighted by atomic mass is 35.5. The van der Waals surface area contributed by atoms with Crippen molar-refractivity contribution in [3.05, 3.63) is 130 Å². The number of hydrogen-bond acceptors (Lipinski definition) is 4. The summed E-state index contributed by atoms with van der Waals surface area (Å²) in [6.07, 6.45) is 0.0334. The second-order valence-corrected chi connectivity index (χ2v) is 10.0. The van der Waals surface area contributed by atoms with Crippen LogP contribution in [0.5, 0.6) is 5.75 Å². The Bertz CT molecular complexity index is 1760. The molecule has 0 fully saturated rings. The van der Waals surface area contributed by atoms with Crippen LogP contribution in [-0.4, -0.2) is 33.6 Å². The lowest BCUT2D eigenvalue weighted by Crippen LogP contribution is -2.36. The zero-order valence-electron chi connectivity index (χ0n) is 22.1. The quantitative estimate of drug-likeness (QED) is 0.109. The Balaban J connectivity index is 1.54. The van der Waals surface area contributed by atoms with Crippen molar-refractivity contribution in [3.63, 3.8) is 0 Å². The average Bonchev–Trinajstić information content (AvgIpc) is 3.47. The third-order valence-corrected chi connectivity index (χ3v) is 6.97. The molecule has 2 aromatic heterocycles. The molecule has 0 spiro atoms. The van der Waals surface area contributed by atoms with Crippen LogP contribution in [0.25, 0.3) is 22.3 Å². The number of carboxylic acids is 1. The molecule has 0 bridgehead atoms. The number of rotatable bonds is 9. The van der Waals surface area contributed by atoms with Gasteiger partial charge < -0.3 is 15.1 Å². The molecule has 5 rings (SSSR count). The van der Waals surface area contributed by atoms with Crippen molar-refractivity contribution < 1.29 is 36.9 Å². The van der Waals surface area contributed by atoms with Crippen LogP contribution in [0.4, 0.5) is 17.6 Å². The number of nitrogens with zero attached hydrogens (tertiary/aromatic N) is 3. The zero-order valence-corrected chi connectivity index (χ0v) is 22.9. The van der Waals surface area contributed by atoms with E-state index in [0.717, 1.165) is 23.9 Å². The van der Waals surface area contributed by atoms with Gasteiger partial charge in [-0.1, -0.05) is 54.1 Å². The summed E-state index contributed by atoms with van der Waals surface area (Å²) in [5, 5.41) is 26.8. The normalized spacial score (nSPS) is 12.2. The van der Waals surface area contributed by atoms with Gasteiger partial charge in [-0.2, -0.15) is 23.0 Å². The van der Waals surface area contributed by atoms with Gasteiger partial charge in [-0.25, -0.2) is 9.18 Å². The van der Waals surface area contributed by atoms with Crippen molar-refractivity contribution in [2.75, 3.05) is 6.61 Å². The number of ether oxygens (including phenoxy) is 1. The molecule has 1 atom stereocenters. The number of halogens is 5. The molecule has 0 amide bonds. The highest BCUT2D eigenvalue weighted by Crippen LogP contribution is 2.37. The van der Waals surface area contributed by atoms with E-state index in [2.05, 4.69) is 5.10 Å². The van der Waals surface area contributed by atoms with E-state index in [1.807, 2.05) is 30.3 Å². The molecule has 220 valence electrons. The second kappa shape index (κ2) is 12.1. The highest BCUT2D eigenvalue weighted by molar-refractivity contribution is 6.31. The fourth-order valence-electron chi connectivity index (χ4n) is 4.61. The predicted molar refractivity (Wildman–Crippen MR) is 150 cm³/mol. The first-order valence-corrected chi connectivity index (χ1v) is 13.2. The predicted octanol–water partition coefficient (Wildman–Crippen LogP) is 7.11. The number of aromatic carboxylic acids is 1. The van der Waals surface area contributed by atoms with E-state index >= 15 is 4.39 Å². The monoisotopic (exact) mass is 611 g/mol. The van der Waals surface area contributed by atoms with Gasteiger partial charge in [0.25, 0.3) is 0 Å². The first-order valence-electron chi connectivity index (χ1n) is 12.8. The summed E-state index contributed by atoms with van der Waals surface area (Å²) in [6.45, 7) is -1.66. The molecule has 0 aliphatic heterocycles. The Labute approximate surface area is 247 Å². The third kappa shape index (κ3) is 6.78. The maximum atomic E-state index is 15.1. The Hall–Kier alpha value is -4.90. The van der Waals surface area contributed by atoms with Gasteiger partial charge in [-0.3, -0.25) is 4.68 Å². The van der Waals surface area contributed by atoms with Gasteiger partial charge in [0.15, 0.2) is 18.6 Å². The maximum Gasteiger partial charge on any atom is 0.422 e. The van der Waals surface area contributed by atoms with Crippen molar-refractivity contribution in [2.45, 2.75) is 18.6 Å². The van der Waals surface area contributed by atoms with Crippen LogP contribution < -0.4 is 9.47 Å². The number of hydrogen-bond donors (Lipinski definition) is 1. The van der Waals surface area contributed by atoms with Crippen LogP contribution in [0.2, 0.25) is 5.02 Å². The SMILES string of the molecule is O=C(O)c1ccc(-c2cnn(C(Cc3ccccc3)c3ccc(-c4c(OCC(F)(F)F)ccc(Cl)c4F)c[n+]3[O-])c2)cc1. The fraction of sp³-hybridized carbons (Fsp3) is 0.129. The number of aromatic nitrogens is 3. The van der Waals surface area contributed by atoms with Crippen molar-refractivity contribution in [1.29, 1.82) is 0 Å². The van der Waals surface area contributed by atoms with Gasteiger partial charge in [0.2, 0.25) is 5.69 Å². The van der Waals surface area contributed by atoms with E-state index in [9.17, 15) is 28.3 Å². The van der Waals surface area contributed by atoms with E-state index in [0.29, 0.717) is 22.3 Å². The van der Waals surface area contributed by atoms with Gasteiger partial charge in [0.05, 0.1) is 27.9 Å². The molecule has 5 aromatic rings. The average molecular weight is 612 g/mol. The number of carboxylic acid groups (broad SMARTS) is 1. The van der Waals surface area contributed by atoms with E-state index in [1.54, 1.807) is 29.2 Å². The molecule has 43 heavy (non-hydrogen) atoms. The minimum absolute atomic E-state index is 0.0333. The minimum Gasteiger partial charge on any atom is -0.618 e. The van der Waals surface area contributed by atoms with Gasteiger partial charge in [0.1, 0.15) is 11.8 Å². The summed E-state index contributed by atoms with van der Waals surface area (Å²) in [5.41, 5.74) is 2.23. The van der Waals surface area contributed by atoms with Crippen molar-refractivity contribution >= 4 is 17.6 Å². The summed E-state index contributed by atoms with van der Waals surface area (Å²) in [5.74, 6) is -2.50. The Morgan fingerprint density at radius 3 is 2.35 bits per heavy atom. The topological polar surface area (TPSA) is 91.3 Å². The molecule has 7 nitrogen and oxygen atoms in total. The van der Waals surface area contributed by atoms with E-state index in [4.69, 9.17) is 16.3 Å². The molecule has 2 heterocycles. The lowest BCUT2D eigenvalue weighted by Gasteiger charge is -2.19. The van der Waals surface area contributed by atoms with Crippen molar-refractivity contribution in [2.24, 2.45) is 0 Å². The Morgan fingerprint density at radius 1 is 1.00 bits per heavy atom. The van der Waals surface area contributed by atoms with Crippen molar-refractivity contribution in [1.82, 2.24) is 9.78 Å². The Kier molecular flexibility index (Phi) is 8.36. The highest BCUT2D eigenvalue weighted by Gasteiger charge is 2.30. The molecule has 0 saturated heterocycles. The number of alkyl halides is 3. The standard InChI is InChI=1S/C31H22ClF4N3O4/c32-24-11-13-27(43-18-31(34,35)36)28(29(24)33)22-10-12-25(39(42)17-22)26(14-19-4-2-1-3-5-19)38-16-23(15-37-38)20-6-8-21(9-7-20)30(40)41/h1-13,15-17,26H,14,18H2,(H,40,41). The molecule has 3 aromatic carbocycles. The van der Waals surface area contributed by atoms with Crippen molar-refractivity contribution in [3.8, 4) is 28.0 Å². The summed E-state index contributed by atoms with van der Waals surface area (Å²) >= 11 is 5.92. The van der Waals surface area contributed by atoms with Crippen LogP contribution >= 0.6 is 11.6 Å². The van der Waals surface area contributed by atoms with Crippen LogP contribution in [0.3, 0.4) is 0 Å². The second-order valence-electron chi connectivity index (χ2n) is 9.60. The molecular weight excluding hydrogens is 590 g/mol. The van der Waals surface area contributed by atoms with Gasteiger partial charge >= 0.3 is 12.1 Å². The number of pyridine rings is 1. The summed E-state index contributed by atoms with van der Waals surface area (Å²) in [6, 6.07) is 20.0. The molecule has 0 aliphatic rings. The molecule has 12 heteroatoms. The minimum atomic E-state index is -4.67. The first kappa shape index (κ1) is 29.6. The number of carbonyl (C=O) groups is 1. The summed E-state index contributed by atoms with van der Waals surface area (Å²) < 4.78 is 60.5. The van der Waals surface area contributed by atoms with Gasteiger partial charge in [-0.15, -0.1) is 0 Å². The maximum absolute atomic E-state index is 15.1. The summed E-state index contributed by atoms with van der Waals surface area (Å²) in [7, 11) is 0. The molecule has 0 saturated carbocycles.